The summed E-state index contributed by atoms with van der Waals surface area (Å²) in [7, 11) is 0. The van der Waals surface area contributed by atoms with E-state index in [1.807, 2.05) is 111 Å². The molecule has 0 fully saturated rings. The molecule has 204 valence electrons. The molecule has 40 heavy (non-hydrogen) atoms. The van der Waals surface area contributed by atoms with E-state index in [1.165, 1.54) is 34.4 Å². The number of carbonyl (C=O) groups excluding carboxylic acids is 2. The van der Waals surface area contributed by atoms with Crippen molar-refractivity contribution in [1.29, 1.82) is 0 Å². The Bertz CT molecular complexity index is 1320. The van der Waals surface area contributed by atoms with Gasteiger partial charge < -0.3 is 9.80 Å². The molecule has 4 heteroatoms. The van der Waals surface area contributed by atoms with Crippen LogP contribution in [0, 0.1) is 13.8 Å². The number of benzene rings is 4. The standard InChI is InChI=1S/C36H38N2O2/c1-5-29-15-19-33(20-16-29)37(25-31-11-7-27(3)8-12-31)35(39)23-24-36(40)38(26-32-13-9-28(4)10-14-32)34-21-17-30(6-2)18-22-34/h7-24H,5-6,25-26H2,1-4H3/b24-23+. The Morgan fingerprint density at radius 3 is 1.10 bits per heavy atom. The summed E-state index contributed by atoms with van der Waals surface area (Å²) in [6, 6.07) is 32.4. The number of hydrogen-bond acceptors (Lipinski definition) is 2. The Morgan fingerprint density at radius 1 is 0.500 bits per heavy atom. The maximum atomic E-state index is 13.6. The van der Waals surface area contributed by atoms with Crippen molar-refractivity contribution in [3.05, 3.63) is 143 Å². The largest absolute Gasteiger partial charge is 0.304 e. The third kappa shape index (κ3) is 7.57. The number of rotatable bonds is 10. The molecule has 0 atom stereocenters. The van der Waals surface area contributed by atoms with Gasteiger partial charge in [0.25, 0.3) is 11.8 Å². The Balaban J connectivity index is 1.60. The molecule has 2 amide bonds. The predicted octanol–water partition coefficient (Wildman–Crippen LogP) is 7.75. The third-order valence-electron chi connectivity index (χ3n) is 7.14. The highest BCUT2D eigenvalue weighted by atomic mass is 16.2. The summed E-state index contributed by atoms with van der Waals surface area (Å²) in [4.78, 5) is 30.6. The van der Waals surface area contributed by atoms with Crippen molar-refractivity contribution in [2.75, 3.05) is 9.80 Å². The van der Waals surface area contributed by atoms with Gasteiger partial charge in [-0.05, 0) is 73.2 Å². The molecule has 0 radical (unpaired) electrons. The normalized spacial score (nSPS) is 11.0. The summed E-state index contributed by atoms with van der Waals surface area (Å²) in [5, 5.41) is 0. The van der Waals surface area contributed by atoms with Crippen LogP contribution in [0.5, 0.6) is 0 Å². The molecule has 0 aromatic heterocycles. The first-order valence-electron chi connectivity index (χ1n) is 14.0. The molecule has 4 aromatic rings. The first kappa shape index (κ1) is 28.6. The number of amides is 2. The van der Waals surface area contributed by atoms with E-state index in [2.05, 4.69) is 13.8 Å². The lowest BCUT2D eigenvalue weighted by Gasteiger charge is -2.23. The van der Waals surface area contributed by atoms with Crippen LogP contribution in [0.1, 0.15) is 47.2 Å². The lowest BCUT2D eigenvalue weighted by Crippen LogP contribution is -2.31. The van der Waals surface area contributed by atoms with Crippen molar-refractivity contribution >= 4 is 23.2 Å². The smallest absolute Gasteiger partial charge is 0.251 e. The molecule has 0 aliphatic carbocycles. The van der Waals surface area contributed by atoms with Crippen molar-refractivity contribution in [3.8, 4) is 0 Å². The molecular weight excluding hydrogens is 492 g/mol. The molecular formula is C36H38N2O2. The number of hydrogen-bond donors (Lipinski definition) is 0. The van der Waals surface area contributed by atoms with E-state index < -0.39 is 0 Å². The molecule has 0 saturated heterocycles. The molecule has 4 aromatic carbocycles. The van der Waals surface area contributed by atoms with E-state index in [4.69, 9.17) is 0 Å². The Labute approximate surface area is 238 Å². The summed E-state index contributed by atoms with van der Waals surface area (Å²) in [5.74, 6) is -0.482. The van der Waals surface area contributed by atoms with Gasteiger partial charge in [-0.15, -0.1) is 0 Å². The molecule has 0 aliphatic rings. The van der Waals surface area contributed by atoms with Gasteiger partial charge in [-0.25, -0.2) is 0 Å². The average Bonchev–Trinajstić information content (AvgIpc) is 2.99. The fourth-order valence-electron chi connectivity index (χ4n) is 4.49. The zero-order valence-corrected chi connectivity index (χ0v) is 23.9. The zero-order valence-electron chi connectivity index (χ0n) is 23.9. The van der Waals surface area contributed by atoms with Gasteiger partial charge in [0.15, 0.2) is 0 Å². The van der Waals surface area contributed by atoms with Crippen molar-refractivity contribution in [2.24, 2.45) is 0 Å². The summed E-state index contributed by atoms with van der Waals surface area (Å²) in [5.41, 5.74) is 8.39. The third-order valence-corrected chi connectivity index (χ3v) is 7.14. The second-order valence-electron chi connectivity index (χ2n) is 10.2. The van der Waals surface area contributed by atoms with E-state index in [0.717, 1.165) is 35.3 Å². The Kier molecular flexibility index (Phi) is 9.69. The number of carbonyl (C=O) groups is 2. The monoisotopic (exact) mass is 530 g/mol. The molecule has 0 bridgehead atoms. The van der Waals surface area contributed by atoms with Gasteiger partial charge in [0.05, 0.1) is 13.1 Å². The maximum absolute atomic E-state index is 13.6. The first-order chi connectivity index (χ1) is 19.4. The lowest BCUT2D eigenvalue weighted by atomic mass is 10.1. The van der Waals surface area contributed by atoms with Gasteiger partial charge in [-0.3, -0.25) is 9.59 Å². The van der Waals surface area contributed by atoms with Gasteiger partial charge in [0.2, 0.25) is 0 Å². The predicted molar refractivity (Wildman–Crippen MR) is 166 cm³/mol. The minimum atomic E-state index is -0.241. The second kappa shape index (κ2) is 13.6. The van der Waals surface area contributed by atoms with Crippen LogP contribution in [0.2, 0.25) is 0 Å². The molecule has 0 aliphatic heterocycles. The van der Waals surface area contributed by atoms with E-state index in [9.17, 15) is 9.59 Å². The highest BCUT2D eigenvalue weighted by molar-refractivity contribution is 6.08. The average molecular weight is 531 g/mol. The molecule has 4 rings (SSSR count). The molecule has 0 spiro atoms. The molecule has 0 unspecified atom stereocenters. The van der Waals surface area contributed by atoms with E-state index in [1.54, 1.807) is 9.80 Å². The second-order valence-corrected chi connectivity index (χ2v) is 10.2. The molecule has 0 saturated carbocycles. The molecule has 0 N–H and O–H groups in total. The van der Waals surface area contributed by atoms with Crippen LogP contribution in [-0.4, -0.2) is 11.8 Å². The topological polar surface area (TPSA) is 40.6 Å². The minimum absolute atomic E-state index is 0.241. The van der Waals surface area contributed by atoms with Crippen molar-refractivity contribution in [3.63, 3.8) is 0 Å². The van der Waals surface area contributed by atoms with Crippen LogP contribution >= 0.6 is 0 Å². The number of nitrogens with zero attached hydrogens (tertiary/aromatic N) is 2. The first-order valence-corrected chi connectivity index (χ1v) is 14.0. The van der Waals surface area contributed by atoms with Gasteiger partial charge >= 0.3 is 0 Å². The SMILES string of the molecule is CCc1ccc(N(Cc2ccc(C)cc2)C(=O)/C=C/C(=O)N(Cc2ccc(C)cc2)c2ccc(CC)cc2)cc1. The highest BCUT2D eigenvalue weighted by Crippen LogP contribution is 2.22. The van der Waals surface area contributed by atoms with Crippen LogP contribution in [0.15, 0.2) is 109 Å². The van der Waals surface area contributed by atoms with Crippen LogP contribution in [0.25, 0.3) is 0 Å². The minimum Gasteiger partial charge on any atom is -0.304 e. The zero-order chi connectivity index (χ0) is 28.5. The Morgan fingerprint density at radius 2 is 0.800 bits per heavy atom. The molecule has 0 heterocycles. The summed E-state index contributed by atoms with van der Waals surface area (Å²) in [6.07, 6.45) is 4.65. The Hall–Kier alpha value is -4.44. The quantitative estimate of drug-likeness (QED) is 0.197. The van der Waals surface area contributed by atoms with Gasteiger partial charge in [0, 0.05) is 23.5 Å². The van der Waals surface area contributed by atoms with Crippen LogP contribution in [-0.2, 0) is 35.5 Å². The molecule has 4 nitrogen and oxygen atoms in total. The van der Waals surface area contributed by atoms with Gasteiger partial charge in [0.1, 0.15) is 0 Å². The van der Waals surface area contributed by atoms with Crippen LogP contribution in [0.4, 0.5) is 11.4 Å². The lowest BCUT2D eigenvalue weighted by molar-refractivity contribution is -0.116. The van der Waals surface area contributed by atoms with Crippen molar-refractivity contribution in [2.45, 2.75) is 53.6 Å². The van der Waals surface area contributed by atoms with Crippen LogP contribution in [0.3, 0.4) is 0 Å². The summed E-state index contributed by atoms with van der Waals surface area (Å²) >= 11 is 0. The summed E-state index contributed by atoms with van der Waals surface area (Å²) < 4.78 is 0. The van der Waals surface area contributed by atoms with E-state index >= 15 is 0 Å². The van der Waals surface area contributed by atoms with E-state index in [-0.39, 0.29) is 11.8 Å². The fraction of sp³-hybridized carbons (Fsp3) is 0.222. The number of aryl methyl sites for hydroxylation is 4. The van der Waals surface area contributed by atoms with Crippen molar-refractivity contribution in [1.82, 2.24) is 0 Å². The number of anilines is 2. The summed E-state index contributed by atoms with van der Waals surface area (Å²) in [6.45, 7) is 9.13. The van der Waals surface area contributed by atoms with Gasteiger partial charge in [-0.2, -0.15) is 0 Å². The van der Waals surface area contributed by atoms with Crippen molar-refractivity contribution < 1.29 is 9.59 Å². The van der Waals surface area contributed by atoms with Crippen LogP contribution < -0.4 is 9.80 Å². The van der Waals surface area contributed by atoms with Gasteiger partial charge in [-0.1, -0.05) is 97.8 Å². The maximum Gasteiger partial charge on any atom is 0.251 e. The fourth-order valence-corrected chi connectivity index (χ4v) is 4.49. The highest BCUT2D eigenvalue weighted by Gasteiger charge is 2.18. The van der Waals surface area contributed by atoms with E-state index in [0.29, 0.717) is 13.1 Å².